The summed E-state index contributed by atoms with van der Waals surface area (Å²) in [5, 5.41) is 6.37. The van der Waals surface area contributed by atoms with Gasteiger partial charge in [0.1, 0.15) is 12.4 Å². The Kier molecular flexibility index (Phi) is 5.01. The zero-order valence-electron chi connectivity index (χ0n) is 12.5. The number of ether oxygens (including phenoxy) is 1. The number of fused-ring (bicyclic) bond motifs is 1. The highest BCUT2D eigenvalue weighted by Gasteiger charge is 2.21. The molecule has 1 amide bonds. The summed E-state index contributed by atoms with van der Waals surface area (Å²) in [6, 6.07) is 6.22. The van der Waals surface area contributed by atoms with Gasteiger partial charge >= 0.3 is 0 Å². The van der Waals surface area contributed by atoms with Crippen LogP contribution < -0.4 is 15.4 Å². The first-order chi connectivity index (χ1) is 9.67. The Hall–Kier alpha value is -1.55. The lowest BCUT2D eigenvalue weighted by Crippen LogP contribution is -2.27. The summed E-state index contributed by atoms with van der Waals surface area (Å²) < 4.78 is 5.60. The zero-order valence-corrected chi connectivity index (χ0v) is 12.5. The second-order valence-corrected chi connectivity index (χ2v) is 5.28. The Labute approximate surface area is 120 Å². The maximum absolute atomic E-state index is 12.1. The number of hydrogen-bond acceptors (Lipinski definition) is 3. The summed E-state index contributed by atoms with van der Waals surface area (Å²) in [6.45, 7) is 8.53. The van der Waals surface area contributed by atoms with Crippen molar-refractivity contribution < 1.29 is 9.53 Å². The van der Waals surface area contributed by atoms with E-state index in [0.717, 1.165) is 18.5 Å². The van der Waals surface area contributed by atoms with E-state index in [1.165, 1.54) is 0 Å². The molecule has 0 saturated heterocycles. The van der Waals surface area contributed by atoms with Crippen LogP contribution in [0.15, 0.2) is 18.2 Å². The lowest BCUT2D eigenvalue weighted by molar-refractivity contribution is 0.0957. The predicted octanol–water partition coefficient (Wildman–Crippen LogP) is 2.51. The summed E-state index contributed by atoms with van der Waals surface area (Å²) in [5.74, 6) is 1.16. The highest BCUT2D eigenvalue weighted by atomic mass is 16.5. The molecule has 0 saturated carbocycles. The summed E-state index contributed by atoms with van der Waals surface area (Å²) in [7, 11) is 0. The summed E-state index contributed by atoms with van der Waals surface area (Å²) in [4.78, 5) is 12.1. The predicted molar refractivity (Wildman–Crippen MR) is 80.1 cm³/mol. The van der Waals surface area contributed by atoms with Crippen LogP contribution in [0.2, 0.25) is 0 Å². The van der Waals surface area contributed by atoms with Gasteiger partial charge in [0.15, 0.2) is 0 Å². The molecule has 0 aromatic heterocycles. The maximum Gasteiger partial charge on any atom is 0.255 e. The minimum atomic E-state index is -0.0428. The van der Waals surface area contributed by atoms with Crippen LogP contribution >= 0.6 is 0 Å². The highest BCUT2D eigenvalue weighted by molar-refractivity contribution is 5.97. The fraction of sp³-hybridized carbons (Fsp3) is 0.562. The van der Waals surface area contributed by atoms with Gasteiger partial charge in [-0.25, -0.2) is 0 Å². The van der Waals surface area contributed by atoms with Crippen LogP contribution in [0.3, 0.4) is 0 Å². The van der Waals surface area contributed by atoms with Crippen molar-refractivity contribution in [3.05, 3.63) is 29.3 Å². The SMILES string of the molecule is CCNC(c1ccc2c(c1)C(=O)NCCO2)C(C)CC. The molecule has 20 heavy (non-hydrogen) atoms. The van der Waals surface area contributed by atoms with Crippen LogP contribution in [0.1, 0.15) is 49.2 Å². The van der Waals surface area contributed by atoms with Gasteiger partial charge in [-0.3, -0.25) is 4.79 Å². The van der Waals surface area contributed by atoms with Gasteiger partial charge in [0, 0.05) is 6.04 Å². The number of carbonyl (C=O) groups is 1. The molecule has 0 spiro atoms. The van der Waals surface area contributed by atoms with E-state index in [2.05, 4.69) is 37.5 Å². The lowest BCUT2D eigenvalue weighted by atomic mass is 9.91. The third-order valence-corrected chi connectivity index (χ3v) is 3.89. The van der Waals surface area contributed by atoms with Crippen molar-refractivity contribution in [3.63, 3.8) is 0 Å². The van der Waals surface area contributed by atoms with Crippen molar-refractivity contribution in [2.45, 2.75) is 33.2 Å². The van der Waals surface area contributed by atoms with Gasteiger partial charge < -0.3 is 15.4 Å². The molecule has 1 aromatic rings. The molecule has 2 N–H and O–H groups in total. The first kappa shape index (κ1) is 14.9. The molecule has 2 atom stereocenters. The lowest BCUT2D eigenvalue weighted by Gasteiger charge is -2.25. The molecule has 2 rings (SSSR count). The second kappa shape index (κ2) is 6.75. The van der Waals surface area contributed by atoms with Gasteiger partial charge in [0.05, 0.1) is 12.1 Å². The van der Waals surface area contributed by atoms with Crippen molar-refractivity contribution in [1.82, 2.24) is 10.6 Å². The zero-order chi connectivity index (χ0) is 14.5. The molecule has 110 valence electrons. The first-order valence-electron chi connectivity index (χ1n) is 7.45. The Bertz CT molecular complexity index is 474. The van der Waals surface area contributed by atoms with Gasteiger partial charge in [-0.2, -0.15) is 0 Å². The quantitative estimate of drug-likeness (QED) is 0.869. The van der Waals surface area contributed by atoms with Crippen molar-refractivity contribution in [3.8, 4) is 5.75 Å². The molecule has 0 bridgehead atoms. The van der Waals surface area contributed by atoms with E-state index in [9.17, 15) is 4.79 Å². The first-order valence-corrected chi connectivity index (χ1v) is 7.45. The molecule has 2 unspecified atom stereocenters. The van der Waals surface area contributed by atoms with E-state index in [1.807, 2.05) is 12.1 Å². The molecule has 1 aliphatic rings. The Balaban J connectivity index is 2.34. The van der Waals surface area contributed by atoms with Gasteiger partial charge in [-0.1, -0.05) is 33.3 Å². The molecule has 1 aromatic carbocycles. The largest absolute Gasteiger partial charge is 0.491 e. The molecule has 4 heteroatoms. The maximum atomic E-state index is 12.1. The standard InChI is InChI=1S/C16H24N2O2/c1-4-11(3)15(17-5-2)12-6-7-14-13(10-12)16(19)18-8-9-20-14/h6-7,10-11,15,17H,4-5,8-9H2,1-3H3,(H,18,19). The average Bonchev–Trinajstić information content (AvgIpc) is 2.66. The van der Waals surface area contributed by atoms with E-state index >= 15 is 0 Å². The molecular weight excluding hydrogens is 252 g/mol. The van der Waals surface area contributed by atoms with Gasteiger partial charge in [-0.05, 0) is 30.2 Å². The van der Waals surface area contributed by atoms with Crippen molar-refractivity contribution in [2.75, 3.05) is 19.7 Å². The average molecular weight is 276 g/mol. The number of benzene rings is 1. The topological polar surface area (TPSA) is 50.4 Å². The van der Waals surface area contributed by atoms with Crippen molar-refractivity contribution >= 4 is 5.91 Å². The fourth-order valence-electron chi connectivity index (χ4n) is 2.57. The van der Waals surface area contributed by atoms with Crippen LogP contribution in [0.25, 0.3) is 0 Å². The van der Waals surface area contributed by atoms with E-state index in [0.29, 0.717) is 30.4 Å². The number of amides is 1. The highest BCUT2D eigenvalue weighted by Crippen LogP contribution is 2.29. The molecule has 1 heterocycles. The molecular formula is C16H24N2O2. The Morgan fingerprint density at radius 3 is 2.90 bits per heavy atom. The van der Waals surface area contributed by atoms with E-state index in [1.54, 1.807) is 0 Å². The third kappa shape index (κ3) is 3.12. The van der Waals surface area contributed by atoms with E-state index < -0.39 is 0 Å². The Morgan fingerprint density at radius 1 is 1.40 bits per heavy atom. The smallest absolute Gasteiger partial charge is 0.255 e. The van der Waals surface area contributed by atoms with Crippen LogP contribution in [-0.4, -0.2) is 25.6 Å². The summed E-state index contributed by atoms with van der Waals surface area (Å²) >= 11 is 0. The van der Waals surface area contributed by atoms with Crippen LogP contribution in [0.4, 0.5) is 0 Å². The number of rotatable bonds is 5. The number of hydrogen-bond donors (Lipinski definition) is 2. The molecule has 4 nitrogen and oxygen atoms in total. The minimum Gasteiger partial charge on any atom is -0.491 e. The van der Waals surface area contributed by atoms with Crippen LogP contribution in [-0.2, 0) is 0 Å². The second-order valence-electron chi connectivity index (χ2n) is 5.28. The normalized spacial score (nSPS) is 17.4. The van der Waals surface area contributed by atoms with Gasteiger partial charge in [0.2, 0.25) is 0 Å². The van der Waals surface area contributed by atoms with Gasteiger partial charge in [0.25, 0.3) is 5.91 Å². The fourth-order valence-corrected chi connectivity index (χ4v) is 2.57. The van der Waals surface area contributed by atoms with Crippen molar-refractivity contribution in [1.29, 1.82) is 0 Å². The monoisotopic (exact) mass is 276 g/mol. The summed E-state index contributed by atoms with van der Waals surface area (Å²) in [6.07, 6.45) is 1.09. The van der Waals surface area contributed by atoms with E-state index in [4.69, 9.17) is 4.74 Å². The van der Waals surface area contributed by atoms with Gasteiger partial charge in [-0.15, -0.1) is 0 Å². The number of nitrogens with one attached hydrogen (secondary N) is 2. The van der Waals surface area contributed by atoms with Crippen LogP contribution in [0.5, 0.6) is 5.75 Å². The number of carbonyl (C=O) groups excluding carboxylic acids is 1. The Morgan fingerprint density at radius 2 is 2.20 bits per heavy atom. The van der Waals surface area contributed by atoms with E-state index in [-0.39, 0.29) is 11.9 Å². The third-order valence-electron chi connectivity index (χ3n) is 3.89. The molecule has 1 aliphatic heterocycles. The molecule has 0 aliphatic carbocycles. The van der Waals surface area contributed by atoms with Crippen LogP contribution in [0, 0.1) is 5.92 Å². The minimum absolute atomic E-state index is 0.0428. The molecule has 0 radical (unpaired) electrons. The molecule has 0 fully saturated rings. The van der Waals surface area contributed by atoms with Crippen molar-refractivity contribution in [2.24, 2.45) is 5.92 Å². The summed E-state index contributed by atoms with van der Waals surface area (Å²) in [5.41, 5.74) is 1.80.